The number of aliphatic imine (C=N–C) groups is 1. The Balaban J connectivity index is 1.24. The molecule has 2 unspecified atom stereocenters. The number of benzene rings is 1. The van der Waals surface area contributed by atoms with Gasteiger partial charge in [0, 0.05) is 43.7 Å². The second-order valence-corrected chi connectivity index (χ2v) is 8.57. The maximum atomic E-state index is 4.72. The van der Waals surface area contributed by atoms with Gasteiger partial charge in [0.05, 0.1) is 0 Å². The Morgan fingerprint density at radius 2 is 1.74 bits per heavy atom. The van der Waals surface area contributed by atoms with Gasteiger partial charge in [-0.3, -0.25) is 4.99 Å². The zero-order valence-electron chi connectivity index (χ0n) is 16.9. The predicted octanol–water partition coefficient (Wildman–Crippen LogP) is 3.89. The van der Waals surface area contributed by atoms with E-state index < -0.39 is 0 Å². The Hall–Kier alpha value is -1.55. The summed E-state index contributed by atoms with van der Waals surface area (Å²) in [6.45, 7) is 5.45. The van der Waals surface area contributed by atoms with Crippen molar-refractivity contribution in [2.75, 3.05) is 19.6 Å². The van der Waals surface area contributed by atoms with Gasteiger partial charge in [-0.15, -0.1) is 0 Å². The molecular weight excluding hydrogens is 332 g/mol. The first-order valence-electron chi connectivity index (χ1n) is 11.2. The highest BCUT2D eigenvalue weighted by molar-refractivity contribution is 5.81. The Morgan fingerprint density at radius 3 is 2.44 bits per heavy atom. The Bertz CT molecular complexity index is 600. The van der Waals surface area contributed by atoms with Crippen LogP contribution in [0.2, 0.25) is 0 Å². The minimum Gasteiger partial charge on any atom is -0.354 e. The molecule has 0 bridgehead atoms. The molecule has 1 saturated heterocycles. The lowest BCUT2D eigenvalue weighted by Crippen LogP contribution is -2.51. The van der Waals surface area contributed by atoms with Gasteiger partial charge >= 0.3 is 0 Å². The van der Waals surface area contributed by atoms with Crippen LogP contribution in [0.1, 0.15) is 69.8 Å². The van der Waals surface area contributed by atoms with Crippen LogP contribution in [-0.2, 0) is 0 Å². The molecule has 4 heteroatoms. The summed E-state index contributed by atoms with van der Waals surface area (Å²) in [5.74, 6) is 1.67. The van der Waals surface area contributed by atoms with Gasteiger partial charge in [-0.2, -0.15) is 0 Å². The smallest absolute Gasteiger partial charge is 0.191 e. The van der Waals surface area contributed by atoms with Gasteiger partial charge in [0.15, 0.2) is 5.96 Å². The normalized spacial score (nSPS) is 28.1. The van der Waals surface area contributed by atoms with Crippen molar-refractivity contribution in [1.29, 1.82) is 0 Å². The van der Waals surface area contributed by atoms with Crippen LogP contribution in [0.15, 0.2) is 35.3 Å². The second-order valence-electron chi connectivity index (χ2n) is 8.57. The largest absolute Gasteiger partial charge is 0.354 e. The lowest BCUT2D eigenvalue weighted by molar-refractivity contribution is 0.119. The minimum absolute atomic E-state index is 0.535. The predicted molar refractivity (Wildman–Crippen MR) is 113 cm³/mol. The number of nitrogens with one attached hydrogen (secondary N) is 2. The van der Waals surface area contributed by atoms with E-state index >= 15 is 0 Å². The molecule has 4 rings (SSSR count). The fourth-order valence-electron chi connectivity index (χ4n) is 4.94. The van der Waals surface area contributed by atoms with Gasteiger partial charge in [0.25, 0.3) is 0 Å². The van der Waals surface area contributed by atoms with E-state index in [4.69, 9.17) is 4.99 Å². The van der Waals surface area contributed by atoms with E-state index in [-0.39, 0.29) is 0 Å². The molecule has 0 spiro atoms. The fourth-order valence-corrected chi connectivity index (χ4v) is 4.94. The molecule has 2 aliphatic carbocycles. The summed E-state index contributed by atoms with van der Waals surface area (Å²) in [6, 6.07) is 12.8. The first-order valence-corrected chi connectivity index (χ1v) is 11.2. The minimum atomic E-state index is 0.535. The van der Waals surface area contributed by atoms with Crippen LogP contribution in [0.5, 0.6) is 0 Å². The number of hydrogen-bond donors (Lipinski definition) is 2. The average molecular weight is 369 g/mol. The summed E-state index contributed by atoms with van der Waals surface area (Å²) < 4.78 is 0. The summed E-state index contributed by atoms with van der Waals surface area (Å²) >= 11 is 0. The molecule has 148 valence electrons. The van der Waals surface area contributed by atoms with E-state index in [9.17, 15) is 0 Å². The molecule has 1 aromatic rings. The van der Waals surface area contributed by atoms with E-state index in [1.165, 1.54) is 70.0 Å². The zero-order valence-corrected chi connectivity index (χ0v) is 16.9. The molecule has 0 radical (unpaired) electrons. The van der Waals surface area contributed by atoms with Crippen molar-refractivity contribution in [3.05, 3.63) is 35.9 Å². The average Bonchev–Trinajstić information content (AvgIpc) is 3.49. The van der Waals surface area contributed by atoms with E-state index in [1.807, 2.05) is 0 Å². The van der Waals surface area contributed by atoms with Crippen molar-refractivity contribution in [3.63, 3.8) is 0 Å². The molecule has 3 fully saturated rings. The summed E-state index contributed by atoms with van der Waals surface area (Å²) in [6.07, 6.45) is 10.9. The lowest BCUT2D eigenvalue weighted by atomic mass is 9.92. The van der Waals surface area contributed by atoms with E-state index in [0.29, 0.717) is 18.0 Å². The van der Waals surface area contributed by atoms with E-state index in [1.54, 1.807) is 0 Å². The van der Waals surface area contributed by atoms with Crippen molar-refractivity contribution in [2.24, 2.45) is 4.99 Å². The standard InChI is InChI=1S/C23H36N4/c1-2-24-23(26-22-17-21(22)18-9-5-3-6-10-18)25-19-13-15-27(16-14-19)20-11-7-4-8-12-20/h3,5-6,9-10,19-22H,2,4,7-8,11-17H2,1H3,(H2,24,25,26). The molecule has 27 heavy (non-hydrogen) atoms. The van der Waals surface area contributed by atoms with Crippen molar-refractivity contribution in [3.8, 4) is 0 Å². The van der Waals surface area contributed by atoms with E-state index in [0.717, 1.165) is 18.5 Å². The molecular formula is C23H36N4. The second kappa shape index (κ2) is 9.09. The third-order valence-electron chi connectivity index (χ3n) is 6.62. The van der Waals surface area contributed by atoms with Crippen molar-refractivity contribution >= 4 is 5.96 Å². The number of likely N-dealkylation sites (tertiary alicyclic amines) is 1. The quantitative estimate of drug-likeness (QED) is 0.612. The van der Waals surface area contributed by atoms with Crippen LogP contribution in [0, 0.1) is 0 Å². The van der Waals surface area contributed by atoms with Crippen LogP contribution < -0.4 is 10.6 Å². The molecule has 0 aromatic heterocycles. The van der Waals surface area contributed by atoms with Crippen molar-refractivity contribution in [2.45, 2.75) is 82.3 Å². The maximum absolute atomic E-state index is 4.72. The highest BCUT2D eigenvalue weighted by Crippen LogP contribution is 2.40. The molecule has 2 N–H and O–H groups in total. The molecule has 2 saturated carbocycles. The number of nitrogens with zero attached hydrogens (tertiary/aromatic N) is 2. The number of piperidine rings is 1. The van der Waals surface area contributed by atoms with Gasteiger partial charge in [-0.1, -0.05) is 49.6 Å². The maximum Gasteiger partial charge on any atom is 0.191 e. The third kappa shape index (κ3) is 5.04. The Morgan fingerprint density at radius 1 is 1.00 bits per heavy atom. The first kappa shape index (κ1) is 18.8. The molecule has 2 atom stereocenters. The third-order valence-corrected chi connectivity index (χ3v) is 6.62. The molecule has 3 aliphatic rings. The number of rotatable bonds is 5. The SMILES string of the molecule is CCN=C(NC1CCN(C2CCCCC2)CC1)NC1CC1c1ccccc1. The van der Waals surface area contributed by atoms with Crippen LogP contribution in [-0.4, -0.2) is 48.6 Å². The Labute approximate surface area is 164 Å². The molecule has 1 heterocycles. The monoisotopic (exact) mass is 368 g/mol. The van der Waals surface area contributed by atoms with E-state index in [2.05, 4.69) is 52.8 Å². The molecule has 1 aromatic carbocycles. The summed E-state index contributed by atoms with van der Waals surface area (Å²) in [5.41, 5.74) is 1.45. The summed E-state index contributed by atoms with van der Waals surface area (Å²) in [7, 11) is 0. The zero-order chi connectivity index (χ0) is 18.5. The first-order chi connectivity index (χ1) is 13.3. The van der Waals surface area contributed by atoms with Gasteiger partial charge < -0.3 is 15.5 Å². The topological polar surface area (TPSA) is 39.7 Å². The molecule has 4 nitrogen and oxygen atoms in total. The summed E-state index contributed by atoms with van der Waals surface area (Å²) in [4.78, 5) is 7.47. The molecule has 0 amide bonds. The van der Waals surface area contributed by atoms with Gasteiger partial charge in [-0.05, 0) is 44.6 Å². The van der Waals surface area contributed by atoms with Crippen LogP contribution in [0.4, 0.5) is 0 Å². The lowest BCUT2D eigenvalue weighted by Gasteiger charge is -2.39. The fraction of sp³-hybridized carbons (Fsp3) is 0.696. The number of hydrogen-bond acceptors (Lipinski definition) is 2. The van der Waals surface area contributed by atoms with Crippen molar-refractivity contribution < 1.29 is 0 Å². The van der Waals surface area contributed by atoms with Crippen molar-refractivity contribution in [1.82, 2.24) is 15.5 Å². The highest BCUT2D eigenvalue weighted by Gasteiger charge is 2.39. The van der Waals surface area contributed by atoms with Gasteiger partial charge in [-0.25, -0.2) is 0 Å². The highest BCUT2D eigenvalue weighted by atomic mass is 15.2. The van der Waals surface area contributed by atoms with Crippen LogP contribution >= 0.6 is 0 Å². The Kier molecular flexibility index (Phi) is 6.33. The van der Waals surface area contributed by atoms with Gasteiger partial charge in [0.1, 0.15) is 0 Å². The molecule has 1 aliphatic heterocycles. The number of guanidine groups is 1. The summed E-state index contributed by atoms with van der Waals surface area (Å²) in [5, 5.41) is 7.42. The van der Waals surface area contributed by atoms with Gasteiger partial charge in [0.2, 0.25) is 0 Å². The van der Waals surface area contributed by atoms with Crippen LogP contribution in [0.3, 0.4) is 0 Å². The van der Waals surface area contributed by atoms with Crippen LogP contribution in [0.25, 0.3) is 0 Å².